The second kappa shape index (κ2) is 3.42. The molecule has 0 heterocycles. The van der Waals surface area contributed by atoms with Crippen molar-refractivity contribution in [2.24, 2.45) is 21.7 Å². The van der Waals surface area contributed by atoms with Crippen molar-refractivity contribution in [2.75, 3.05) is 6.61 Å². The van der Waals surface area contributed by atoms with E-state index < -0.39 is 5.41 Å². The molecule has 3 rings (SSSR count). The Bertz CT molecular complexity index is 457. The SMILES string of the molecule is CCOC(=O)[C@]12C[C@]13CC(C)(C)CC[C@]3(C)CC2=O. The van der Waals surface area contributed by atoms with Crippen molar-refractivity contribution in [2.45, 2.75) is 59.8 Å². The Balaban J connectivity index is 2.01. The lowest BCUT2D eigenvalue weighted by Crippen LogP contribution is -2.40. The van der Waals surface area contributed by atoms with Crippen LogP contribution in [0.25, 0.3) is 0 Å². The van der Waals surface area contributed by atoms with Crippen molar-refractivity contribution in [1.29, 1.82) is 0 Å². The zero-order valence-corrected chi connectivity index (χ0v) is 12.5. The number of carbonyl (C=O) groups excluding carboxylic acids is 2. The monoisotopic (exact) mass is 264 g/mol. The zero-order valence-electron chi connectivity index (χ0n) is 12.5. The van der Waals surface area contributed by atoms with Crippen LogP contribution in [-0.4, -0.2) is 18.4 Å². The number of Topliss-reactive ketones (excluding diaryl/α,β-unsaturated/α-hetero) is 1. The molecule has 106 valence electrons. The molecule has 0 amide bonds. The van der Waals surface area contributed by atoms with Crippen molar-refractivity contribution in [3.05, 3.63) is 0 Å². The van der Waals surface area contributed by atoms with Crippen LogP contribution in [0.1, 0.15) is 59.8 Å². The first-order chi connectivity index (χ1) is 8.73. The first kappa shape index (κ1) is 13.1. The molecule has 0 N–H and O–H groups in total. The van der Waals surface area contributed by atoms with Crippen molar-refractivity contribution in [3.8, 4) is 0 Å². The van der Waals surface area contributed by atoms with Crippen molar-refractivity contribution in [1.82, 2.24) is 0 Å². The van der Waals surface area contributed by atoms with Gasteiger partial charge < -0.3 is 4.74 Å². The maximum absolute atomic E-state index is 12.5. The highest BCUT2D eigenvalue weighted by atomic mass is 16.5. The van der Waals surface area contributed by atoms with E-state index in [1.165, 1.54) is 0 Å². The van der Waals surface area contributed by atoms with Gasteiger partial charge in [-0.1, -0.05) is 20.8 Å². The molecule has 0 bridgehead atoms. The van der Waals surface area contributed by atoms with Crippen LogP contribution in [0.5, 0.6) is 0 Å². The second-order valence-corrected chi connectivity index (χ2v) is 7.89. The topological polar surface area (TPSA) is 43.4 Å². The minimum absolute atomic E-state index is 0.0202. The number of esters is 1. The molecule has 0 radical (unpaired) electrons. The molecule has 1 spiro atoms. The second-order valence-electron chi connectivity index (χ2n) is 7.89. The largest absolute Gasteiger partial charge is 0.465 e. The van der Waals surface area contributed by atoms with Gasteiger partial charge in [0.15, 0.2) is 5.78 Å². The molecule has 3 aliphatic rings. The predicted molar refractivity (Wildman–Crippen MR) is 71.5 cm³/mol. The molecule has 0 aliphatic heterocycles. The summed E-state index contributed by atoms with van der Waals surface area (Å²) in [5, 5.41) is 0. The Kier molecular flexibility index (Phi) is 2.36. The molecule has 0 aromatic heterocycles. The third-order valence-corrected chi connectivity index (χ3v) is 6.20. The van der Waals surface area contributed by atoms with Gasteiger partial charge in [0.2, 0.25) is 0 Å². The molecule has 3 nitrogen and oxygen atoms in total. The van der Waals surface area contributed by atoms with Gasteiger partial charge >= 0.3 is 5.97 Å². The van der Waals surface area contributed by atoms with Crippen LogP contribution in [0.2, 0.25) is 0 Å². The minimum Gasteiger partial charge on any atom is -0.465 e. The lowest BCUT2D eigenvalue weighted by molar-refractivity contribution is -0.154. The van der Waals surface area contributed by atoms with Gasteiger partial charge in [-0.2, -0.15) is 0 Å². The lowest BCUT2D eigenvalue weighted by atomic mass is 9.57. The maximum Gasteiger partial charge on any atom is 0.320 e. The van der Waals surface area contributed by atoms with Gasteiger partial charge in [-0.25, -0.2) is 0 Å². The Morgan fingerprint density at radius 3 is 2.53 bits per heavy atom. The van der Waals surface area contributed by atoms with Gasteiger partial charge in [-0.3, -0.25) is 9.59 Å². The summed E-state index contributed by atoms with van der Waals surface area (Å²) >= 11 is 0. The van der Waals surface area contributed by atoms with E-state index in [1.54, 1.807) is 0 Å². The van der Waals surface area contributed by atoms with Crippen LogP contribution < -0.4 is 0 Å². The van der Waals surface area contributed by atoms with Gasteiger partial charge in [0.1, 0.15) is 5.41 Å². The Morgan fingerprint density at radius 1 is 1.21 bits per heavy atom. The average molecular weight is 264 g/mol. The Morgan fingerprint density at radius 2 is 1.89 bits per heavy atom. The summed E-state index contributed by atoms with van der Waals surface area (Å²) in [6.45, 7) is 8.92. The number of ether oxygens (including phenoxy) is 1. The molecule has 3 fully saturated rings. The Hall–Kier alpha value is -0.860. The lowest BCUT2D eigenvalue weighted by Gasteiger charge is -2.46. The van der Waals surface area contributed by atoms with Crippen LogP contribution in [0.3, 0.4) is 0 Å². The number of carbonyl (C=O) groups is 2. The van der Waals surface area contributed by atoms with Crippen molar-refractivity contribution >= 4 is 11.8 Å². The highest BCUT2D eigenvalue weighted by molar-refractivity contribution is 6.11. The van der Waals surface area contributed by atoms with Crippen molar-refractivity contribution in [3.63, 3.8) is 0 Å². The molecular formula is C16H24O3. The fraction of sp³-hybridized carbons (Fsp3) is 0.875. The molecule has 0 aromatic carbocycles. The van der Waals surface area contributed by atoms with Crippen LogP contribution in [-0.2, 0) is 14.3 Å². The summed E-state index contributed by atoms with van der Waals surface area (Å²) in [4.78, 5) is 24.9. The smallest absolute Gasteiger partial charge is 0.320 e. The van der Waals surface area contributed by atoms with Crippen molar-refractivity contribution < 1.29 is 14.3 Å². The summed E-state index contributed by atoms with van der Waals surface area (Å²) in [5.41, 5.74) is -0.634. The van der Waals surface area contributed by atoms with Gasteiger partial charge in [0.25, 0.3) is 0 Å². The number of ketones is 1. The fourth-order valence-electron chi connectivity index (χ4n) is 5.09. The summed E-state index contributed by atoms with van der Waals surface area (Å²) in [6, 6.07) is 0. The summed E-state index contributed by atoms with van der Waals surface area (Å²) in [5.74, 6) is -0.104. The average Bonchev–Trinajstić information content (AvgIpc) is 2.92. The molecule has 0 saturated heterocycles. The summed E-state index contributed by atoms with van der Waals surface area (Å²) < 4.78 is 5.24. The first-order valence-electron chi connectivity index (χ1n) is 7.44. The minimum atomic E-state index is -0.782. The molecule has 0 aromatic rings. The molecule has 3 aliphatic carbocycles. The first-order valence-corrected chi connectivity index (χ1v) is 7.44. The molecule has 19 heavy (non-hydrogen) atoms. The quantitative estimate of drug-likeness (QED) is 0.568. The third-order valence-electron chi connectivity index (χ3n) is 6.20. The number of hydrogen-bond donors (Lipinski definition) is 0. The predicted octanol–water partition coefficient (Wildman–Crippen LogP) is 3.12. The van der Waals surface area contributed by atoms with E-state index in [0.29, 0.717) is 13.0 Å². The van der Waals surface area contributed by atoms with Crippen LogP contribution in [0.4, 0.5) is 0 Å². The molecule has 3 atom stereocenters. The molecule has 3 heteroatoms. The van der Waals surface area contributed by atoms with E-state index in [1.807, 2.05) is 6.92 Å². The van der Waals surface area contributed by atoms with Gasteiger partial charge in [0.05, 0.1) is 6.61 Å². The van der Waals surface area contributed by atoms with Crippen LogP contribution in [0, 0.1) is 21.7 Å². The number of rotatable bonds is 2. The van der Waals surface area contributed by atoms with E-state index in [-0.39, 0.29) is 28.0 Å². The van der Waals surface area contributed by atoms with Crippen LogP contribution in [0.15, 0.2) is 0 Å². The standard InChI is InChI=1S/C16H24O3/c1-5-19-12(18)16-10-15(16)9-13(2,3)6-7-14(15,4)8-11(16)17/h5-10H2,1-4H3/t14-,15+,16-/m1/s1. The maximum atomic E-state index is 12.5. The van der Waals surface area contributed by atoms with Gasteiger partial charge in [-0.05, 0) is 43.4 Å². The third kappa shape index (κ3) is 1.34. The number of hydrogen-bond acceptors (Lipinski definition) is 3. The molecular weight excluding hydrogens is 240 g/mol. The summed E-state index contributed by atoms with van der Waals surface area (Å²) in [7, 11) is 0. The normalized spacial score (nSPS) is 46.4. The van der Waals surface area contributed by atoms with Crippen LogP contribution >= 0.6 is 0 Å². The Labute approximate surface area is 115 Å². The van der Waals surface area contributed by atoms with E-state index in [9.17, 15) is 9.59 Å². The highest BCUT2D eigenvalue weighted by Gasteiger charge is 2.87. The summed E-state index contributed by atoms with van der Waals surface area (Å²) in [6.07, 6.45) is 4.50. The molecule has 3 saturated carbocycles. The van der Waals surface area contributed by atoms with E-state index in [2.05, 4.69) is 20.8 Å². The van der Waals surface area contributed by atoms with Gasteiger partial charge in [-0.15, -0.1) is 0 Å². The molecule has 0 unspecified atom stereocenters. The van der Waals surface area contributed by atoms with E-state index in [4.69, 9.17) is 4.74 Å². The van der Waals surface area contributed by atoms with E-state index >= 15 is 0 Å². The van der Waals surface area contributed by atoms with E-state index in [0.717, 1.165) is 25.7 Å². The highest BCUT2D eigenvalue weighted by Crippen LogP contribution is 2.84. The van der Waals surface area contributed by atoms with Gasteiger partial charge in [0, 0.05) is 11.8 Å². The fourth-order valence-corrected chi connectivity index (χ4v) is 5.09. The zero-order chi connectivity index (χ0) is 14.1.